The predicted molar refractivity (Wildman–Crippen MR) is 244 cm³/mol. The number of halogens is 4. The third kappa shape index (κ3) is 9.13. The second-order valence-electron chi connectivity index (χ2n) is 15.2. The lowest BCUT2D eigenvalue weighted by Crippen LogP contribution is -2.21. The number of fused-ring (bicyclic) bond motifs is 2. The first kappa shape index (κ1) is 41.5. The molecule has 8 aromatic rings. The van der Waals surface area contributed by atoms with Crippen LogP contribution in [-0.2, 0) is 0 Å². The molecular weight excluding hydrogens is 813 g/mol. The van der Waals surface area contributed by atoms with Crippen LogP contribution in [-0.4, -0.2) is 94.1 Å². The maximum atomic E-state index is 16.6. The summed E-state index contributed by atoms with van der Waals surface area (Å²) in [7, 11) is 8.09. The normalized spacial score (nSPS) is 11.6. The van der Waals surface area contributed by atoms with Gasteiger partial charge in [0.1, 0.15) is 35.9 Å². The Labute approximate surface area is 362 Å². The van der Waals surface area contributed by atoms with E-state index in [1.165, 1.54) is 30.9 Å². The number of nitrogens with one attached hydrogen (secondary N) is 2. The molecule has 0 saturated carbocycles. The smallest absolute Gasteiger partial charge is 0.137 e. The van der Waals surface area contributed by atoms with Crippen molar-refractivity contribution in [1.82, 2.24) is 39.7 Å². The van der Waals surface area contributed by atoms with Crippen LogP contribution < -0.4 is 10.6 Å². The number of hydrogen-bond donors (Lipinski definition) is 2. The second kappa shape index (κ2) is 18.2. The van der Waals surface area contributed by atoms with Crippen LogP contribution in [0.2, 0.25) is 10.0 Å². The first-order chi connectivity index (χ1) is 29.5. The number of aromatic nitrogens is 6. The second-order valence-corrected chi connectivity index (χ2v) is 16.0. The zero-order chi connectivity index (χ0) is 42.6. The molecule has 61 heavy (non-hydrogen) atoms. The summed E-state index contributed by atoms with van der Waals surface area (Å²) in [5.41, 5.74) is 6.45. The number of benzene rings is 4. The van der Waals surface area contributed by atoms with Gasteiger partial charge < -0.3 is 20.4 Å². The Bertz CT molecular complexity index is 2890. The van der Waals surface area contributed by atoms with Crippen molar-refractivity contribution in [1.29, 1.82) is 0 Å². The minimum absolute atomic E-state index is 0.215. The number of anilines is 2. The Balaban J connectivity index is 1.20. The van der Waals surface area contributed by atoms with Crippen LogP contribution in [0, 0.1) is 11.6 Å². The molecule has 0 bridgehead atoms. The van der Waals surface area contributed by atoms with Gasteiger partial charge in [0.2, 0.25) is 0 Å². The molecule has 2 N–H and O–H groups in total. The van der Waals surface area contributed by atoms with Gasteiger partial charge in [-0.25, -0.2) is 28.7 Å². The largest absolute Gasteiger partial charge is 0.369 e. The molecule has 308 valence electrons. The molecule has 4 aromatic carbocycles. The summed E-state index contributed by atoms with van der Waals surface area (Å²) in [6, 6.07) is 24.5. The number of hydrogen-bond acceptors (Lipinski definition) is 10. The summed E-state index contributed by atoms with van der Waals surface area (Å²) in [4.78, 5) is 31.6. The maximum absolute atomic E-state index is 16.6. The first-order valence-corrected chi connectivity index (χ1v) is 20.5. The fourth-order valence-electron chi connectivity index (χ4n) is 7.26. The quantitative estimate of drug-likeness (QED) is 0.103. The Morgan fingerprint density at radius 2 is 1.18 bits per heavy atom. The molecule has 0 saturated heterocycles. The van der Waals surface area contributed by atoms with Gasteiger partial charge in [-0.3, -0.25) is 9.97 Å². The highest BCUT2D eigenvalue weighted by molar-refractivity contribution is 6.33. The van der Waals surface area contributed by atoms with E-state index in [0.717, 1.165) is 46.9 Å². The van der Waals surface area contributed by atoms with E-state index in [1.54, 1.807) is 24.5 Å². The summed E-state index contributed by atoms with van der Waals surface area (Å²) in [6.45, 7) is 3.14. The zero-order valence-corrected chi connectivity index (χ0v) is 35.5. The van der Waals surface area contributed by atoms with Gasteiger partial charge in [-0.2, -0.15) is 0 Å². The molecule has 0 aliphatic carbocycles. The van der Waals surface area contributed by atoms with E-state index in [9.17, 15) is 0 Å². The molecule has 0 unspecified atom stereocenters. The van der Waals surface area contributed by atoms with Crippen molar-refractivity contribution < 1.29 is 8.78 Å². The average Bonchev–Trinajstić information content (AvgIpc) is 3.26. The lowest BCUT2D eigenvalue weighted by molar-refractivity contribution is 0.405. The van der Waals surface area contributed by atoms with E-state index in [2.05, 4.69) is 45.4 Å². The molecule has 0 spiro atoms. The average molecular weight is 856 g/mol. The van der Waals surface area contributed by atoms with Crippen LogP contribution in [0.5, 0.6) is 0 Å². The van der Waals surface area contributed by atoms with Crippen LogP contribution in [0.3, 0.4) is 0 Å². The van der Waals surface area contributed by atoms with Crippen molar-refractivity contribution >= 4 is 56.6 Å². The molecule has 0 amide bonds. The van der Waals surface area contributed by atoms with Crippen LogP contribution >= 0.6 is 23.2 Å². The molecule has 0 atom stereocenters. The molecule has 8 rings (SSSR count). The van der Waals surface area contributed by atoms with Gasteiger partial charge in [0.05, 0.1) is 22.4 Å². The fraction of sp³-hybridized carbons (Fsp3) is 0.191. The zero-order valence-electron chi connectivity index (χ0n) is 34.0. The van der Waals surface area contributed by atoms with E-state index >= 15 is 8.78 Å². The van der Waals surface area contributed by atoms with E-state index in [0.29, 0.717) is 69.0 Å². The molecule has 10 nitrogen and oxygen atoms in total. The van der Waals surface area contributed by atoms with E-state index < -0.39 is 11.6 Å². The number of pyridine rings is 2. The van der Waals surface area contributed by atoms with Crippen molar-refractivity contribution in [3.05, 3.63) is 132 Å². The van der Waals surface area contributed by atoms with Crippen molar-refractivity contribution in [2.24, 2.45) is 0 Å². The third-order valence-corrected chi connectivity index (χ3v) is 10.9. The minimum Gasteiger partial charge on any atom is -0.369 e. The molecule has 0 aliphatic rings. The van der Waals surface area contributed by atoms with Crippen molar-refractivity contribution in [2.75, 3.05) is 65.0 Å². The highest BCUT2D eigenvalue weighted by Gasteiger charge is 2.21. The molecule has 0 aliphatic heterocycles. The lowest BCUT2D eigenvalue weighted by Gasteiger charge is -2.16. The van der Waals surface area contributed by atoms with Crippen LogP contribution in [0.4, 0.5) is 20.4 Å². The van der Waals surface area contributed by atoms with Crippen LogP contribution in [0.1, 0.15) is 6.42 Å². The third-order valence-electron chi connectivity index (χ3n) is 10.3. The fourth-order valence-corrected chi connectivity index (χ4v) is 7.70. The summed E-state index contributed by atoms with van der Waals surface area (Å²) in [5, 5.41) is 9.10. The Morgan fingerprint density at radius 3 is 1.87 bits per heavy atom. The molecule has 14 heteroatoms. The number of rotatable bonds is 14. The summed E-state index contributed by atoms with van der Waals surface area (Å²) >= 11 is 13.5. The van der Waals surface area contributed by atoms with Gasteiger partial charge in [0, 0.05) is 86.2 Å². The SMILES string of the molecule is CN(C)CCCNc1ncnc2ccc(-c3cc(-c4cc(F)c(-c5ncccc5-c5ccc6ncnc(NCCN(C)C)c6c5)cc4Cl)cnc3-c3cc(Cl)ccc3F)cc12. The van der Waals surface area contributed by atoms with Crippen molar-refractivity contribution in [3.63, 3.8) is 0 Å². The Hall–Kier alpha value is -6.18. The molecular formula is C47H42Cl2F2N10. The topological polar surface area (TPSA) is 108 Å². The van der Waals surface area contributed by atoms with Crippen molar-refractivity contribution in [2.45, 2.75) is 6.42 Å². The maximum Gasteiger partial charge on any atom is 0.137 e. The van der Waals surface area contributed by atoms with E-state index in [-0.39, 0.29) is 16.1 Å². The summed E-state index contributed by atoms with van der Waals surface area (Å²) in [6.07, 6.45) is 7.17. The van der Waals surface area contributed by atoms with E-state index in [4.69, 9.17) is 28.2 Å². The van der Waals surface area contributed by atoms with Gasteiger partial charge in [0.15, 0.2) is 0 Å². The number of nitrogens with zero attached hydrogens (tertiary/aromatic N) is 8. The van der Waals surface area contributed by atoms with Crippen LogP contribution in [0.25, 0.3) is 77.7 Å². The lowest BCUT2D eigenvalue weighted by atomic mass is 9.93. The van der Waals surface area contributed by atoms with Gasteiger partial charge >= 0.3 is 0 Å². The molecule has 0 radical (unpaired) electrons. The molecule has 4 aromatic heterocycles. The van der Waals surface area contributed by atoms with Crippen molar-refractivity contribution in [3.8, 4) is 55.9 Å². The molecule has 0 fully saturated rings. The van der Waals surface area contributed by atoms with Gasteiger partial charge in [0.25, 0.3) is 0 Å². The summed E-state index contributed by atoms with van der Waals surface area (Å²) in [5.74, 6) is 0.357. The standard InChI is InChI=1S/C47H42Cl2F2N10/c1-60(2)17-6-15-53-46-38-20-29(9-13-43(38)56-26-58-46)34-21-30(25-55-45(34)35-22-31(48)10-11-40(35)50)33-24-41(51)36(23-39(33)49)44-32(7-5-14-52-44)28-8-12-42-37(19-28)47(59-27-57-42)54-16-18-61(3)4/h5,7-14,19-27H,6,15-18H2,1-4H3,(H,53,56,58)(H,54,57,59). The highest BCUT2D eigenvalue weighted by Crippen LogP contribution is 2.42. The predicted octanol–water partition coefficient (Wildman–Crippen LogP) is 10.6. The highest BCUT2D eigenvalue weighted by atomic mass is 35.5. The molecule has 4 heterocycles. The van der Waals surface area contributed by atoms with Crippen LogP contribution in [0.15, 0.2) is 110 Å². The minimum atomic E-state index is -0.533. The van der Waals surface area contributed by atoms with Gasteiger partial charge in [-0.15, -0.1) is 0 Å². The monoisotopic (exact) mass is 854 g/mol. The Morgan fingerprint density at radius 1 is 0.541 bits per heavy atom. The summed E-state index contributed by atoms with van der Waals surface area (Å²) < 4.78 is 32.2. The first-order valence-electron chi connectivity index (χ1n) is 19.7. The van der Waals surface area contributed by atoms with E-state index in [1.807, 2.05) is 82.8 Å². The van der Waals surface area contributed by atoms with Gasteiger partial charge in [-0.05, 0) is 119 Å². The number of likely N-dealkylation sites (N-methyl/N-ethyl adjacent to an activating group) is 1. The Kier molecular flexibility index (Phi) is 12.4. The van der Waals surface area contributed by atoms with Gasteiger partial charge in [-0.1, -0.05) is 41.4 Å².